The predicted molar refractivity (Wildman–Crippen MR) is 90.8 cm³/mol. The molecule has 0 radical (unpaired) electrons. The number of hydrogen-bond acceptors (Lipinski definition) is 4. The van der Waals surface area contributed by atoms with Crippen LogP contribution < -0.4 is 0 Å². The molecule has 2 N–H and O–H groups in total. The molecule has 1 aliphatic carbocycles. The highest BCUT2D eigenvalue weighted by Gasteiger charge is 2.54. The molecule has 2 heterocycles. The van der Waals surface area contributed by atoms with Crippen LogP contribution in [0.1, 0.15) is 32.4 Å². The summed E-state index contributed by atoms with van der Waals surface area (Å²) in [6.45, 7) is 4.61. The van der Waals surface area contributed by atoms with Gasteiger partial charge < -0.3 is 5.11 Å². The van der Waals surface area contributed by atoms with Crippen LogP contribution in [-0.2, 0) is 20.0 Å². The van der Waals surface area contributed by atoms with Crippen molar-refractivity contribution in [2.75, 3.05) is 0 Å². The maximum Gasteiger partial charge on any atom is 0.215 e. The van der Waals surface area contributed by atoms with Crippen molar-refractivity contribution in [1.82, 2.24) is 24.5 Å². The standard InChI is InChI=1S/C15H22ClN5OS/c1-14(2)5-4-10(6-12-11(16)7-20(3)19-12)15(14,22)8-21-13(23)17-9-18-21/h7,9-10,22H,4-6,8H2,1-3H3,(H,17,18,23). The van der Waals surface area contributed by atoms with Crippen molar-refractivity contribution in [2.24, 2.45) is 18.4 Å². The fourth-order valence-electron chi connectivity index (χ4n) is 3.67. The quantitative estimate of drug-likeness (QED) is 0.827. The van der Waals surface area contributed by atoms with Crippen LogP contribution >= 0.6 is 23.8 Å². The Balaban J connectivity index is 1.91. The Morgan fingerprint density at radius 1 is 1.52 bits per heavy atom. The third-order valence-corrected chi connectivity index (χ3v) is 5.92. The number of aromatic nitrogens is 5. The lowest BCUT2D eigenvalue weighted by atomic mass is 9.73. The Hall–Kier alpha value is -1.18. The molecule has 23 heavy (non-hydrogen) atoms. The third-order valence-electron chi connectivity index (χ3n) is 5.28. The lowest BCUT2D eigenvalue weighted by molar-refractivity contribution is -0.0911. The van der Waals surface area contributed by atoms with Gasteiger partial charge in [0.15, 0.2) is 0 Å². The molecule has 1 saturated carbocycles. The number of aromatic amines is 1. The molecule has 0 spiro atoms. The Morgan fingerprint density at radius 3 is 2.83 bits per heavy atom. The van der Waals surface area contributed by atoms with E-state index in [2.05, 4.69) is 29.0 Å². The Labute approximate surface area is 145 Å². The number of nitrogens with one attached hydrogen (secondary N) is 1. The number of nitrogens with zero attached hydrogens (tertiary/aromatic N) is 4. The summed E-state index contributed by atoms with van der Waals surface area (Å²) in [6.07, 6.45) is 5.87. The van der Waals surface area contributed by atoms with Gasteiger partial charge in [-0.3, -0.25) is 14.5 Å². The zero-order valence-corrected chi connectivity index (χ0v) is 15.2. The highest BCUT2D eigenvalue weighted by Crippen LogP contribution is 2.51. The average Bonchev–Trinajstić information content (AvgIpc) is 3.05. The largest absolute Gasteiger partial charge is 0.387 e. The zero-order valence-electron chi connectivity index (χ0n) is 13.6. The first-order chi connectivity index (χ1) is 10.7. The van der Waals surface area contributed by atoms with Gasteiger partial charge in [0.2, 0.25) is 4.77 Å². The first-order valence-electron chi connectivity index (χ1n) is 7.73. The molecule has 6 nitrogen and oxygen atoms in total. The van der Waals surface area contributed by atoms with Crippen molar-refractivity contribution < 1.29 is 5.11 Å². The molecular formula is C15H22ClN5OS. The SMILES string of the molecule is Cn1cc(Cl)c(CC2CCC(C)(C)C2(O)Cn2[nH]cnc2=S)n1. The fourth-order valence-corrected chi connectivity index (χ4v) is 4.09. The van der Waals surface area contributed by atoms with Gasteiger partial charge in [0, 0.05) is 13.2 Å². The number of aliphatic hydroxyl groups is 1. The lowest BCUT2D eigenvalue weighted by Gasteiger charge is -2.40. The molecule has 0 aliphatic heterocycles. The van der Waals surface area contributed by atoms with Gasteiger partial charge in [0.1, 0.15) is 6.33 Å². The summed E-state index contributed by atoms with van der Waals surface area (Å²) in [6, 6.07) is 0. The van der Waals surface area contributed by atoms with Gasteiger partial charge >= 0.3 is 0 Å². The average molecular weight is 356 g/mol. The summed E-state index contributed by atoms with van der Waals surface area (Å²) >= 11 is 11.5. The highest BCUT2D eigenvalue weighted by atomic mass is 35.5. The summed E-state index contributed by atoms with van der Waals surface area (Å²) in [5.74, 6) is 0.0649. The van der Waals surface area contributed by atoms with Gasteiger partial charge in [0.05, 0.1) is 22.9 Å². The number of rotatable bonds is 4. The van der Waals surface area contributed by atoms with E-state index in [1.54, 1.807) is 21.9 Å². The number of H-pyrrole nitrogens is 1. The molecule has 2 aromatic rings. The first kappa shape index (κ1) is 16.7. The predicted octanol–water partition coefficient (Wildman–Crippen LogP) is 2.74. The van der Waals surface area contributed by atoms with Gasteiger partial charge in [-0.05, 0) is 42.8 Å². The van der Waals surface area contributed by atoms with Crippen molar-refractivity contribution in [3.8, 4) is 0 Å². The third kappa shape index (κ3) is 2.86. The van der Waals surface area contributed by atoms with E-state index in [4.69, 9.17) is 23.8 Å². The number of hydrogen-bond donors (Lipinski definition) is 2. The monoisotopic (exact) mass is 355 g/mol. The van der Waals surface area contributed by atoms with Crippen molar-refractivity contribution in [1.29, 1.82) is 0 Å². The molecule has 0 bridgehead atoms. The van der Waals surface area contributed by atoms with Crippen molar-refractivity contribution >= 4 is 23.8 Å². The molecule has 8 heteroatoms. The normalized spacial score (nSPS) is 26.7. The molecule has 0 amide bonds. The second-order valence-corrected chi connectivity index (χ2v) is 7.87. The second-order valence-electron chi connectivity index (χ2n) is 7.10. The Kier molecular flexibility index (Phi) is 4.14. The molecular weight excluding hydrogens is 334 g/mol. The van der Waals surface area contributed by atoms with Crippen LogP contribution in [-0.4, -0.2) is 35.3 Å². The molecule has 2 atom stereocenters. The van der Waals surface area contributed by atoms with Crippen molar-refractivity contribution in [2.45, 2.75) is 45.3 Å². The lowest BCUT2D eigenvalue weighted by Crippen LogP contribution is -2.49. The summed E-state index contributed by atoms with van der Waals surface area (Å²) in [7, 11) is 1.85. The first-order valence-corrected chi connectivity index (χ1v) is 8.52. The van der Waals surface area contributed by atoms with E-state index < -0.39 is 5.60 Å². The number of halogens is 1. The summed E-state index contributed by atoms with van der Waals surface area (Å²) in [5.41, 5.74) is -0.291. The van der Waals surface area contributed by atoms with E-state index in [0.29, 0.717) is 22.8 Å². The molecule has 2 aromatic heterocycles. The fraction of sp³-hybridized carbons (Fsp3) is 0.667. The van der Waals surface area contributed by atoms with E-state index in [0.717, 1.165) is 18.5 Å². The molecule has 1 fully saturated rings. The van der Waals surface area contributed by atoms with E-state index in [9.17, 15) is 5.11 Å². The second kappa shape index (κ2) is 5.72. The van der Waals surface area contributed by atoms with E-state index in [1.165, 1.54) is 0 Å². The Bertz CT molecular complexity index is 764. The van der Waals surface area contributed by atoms with Gasteiger partial charge in [-0.2, -0.15) is 5.10 Å². The van der Waals surface area contributed by atoms with Crippen molar-refractivity contribution in [3.63, 3.8) is 0 Å². The number of aryl methyl sites for hydroxylation is 1. The van der Waals surface area contributed by atoms with Gasteiger partial charge in [-0.15, -0.1) is 0 Å². The topological polar surface area (TPSA) is 71.7 Å². The zero-order chi connectivity index (χ0) is 16.8. The highest BCUT2D eigenvalue weighted by molar-refractivity contribution is 7.71. The molecule has 3 rings (SSSR count). The minimum Gasteiger partial charge on any atom is -0.387 e. The smallest absolute Gasteiger partial charge is 0.215 e. The van der Waals surface area contributed by atoms with Crippen LogP contribution in [0.4, 0.5) is 0 Å². The molecule has 0 saturated heterocycles. The van der Waals surface area contributed by atoms with Crippen LogP contribution in [0, 0.1) is 16.1 Å². The van der Waals surface area contributed by atoms with Crippen LogP contribution in [0.25, 0.3) is 0 Å². The molecule has 126 valence electrons. The molecule has 1 aliphatic rings. The van der Waals surface area contributed by atoms with Crippen LogP contribution in [0.2, 0.25) is 5.02 Å². The van der Waals surface area contributed by atoms with Crippen LogP contribution in [0.3, 0.4) is 0 Å². The van der Waals surface area contributed by atoms with E-state index in [1.807, 2.05) is 7.05 Å². The maximum atomic E-state index is 11.5. The Morgan fingerprint density at radius 2 is 2.26 bits per heavy atom. The van der Waals surface area contributed by atoms with Gasteiger partial charge in [0.25, 0.3) is 0 Å². The van der Waals surface area contributed by atoms with Crippen LogP contribution in [0.5, 0.6) is 0 Å². The van der Waals surface area contributed by atoms with Gasteiger partial charge in [-0.25, -0.2) is 4.98 Å². The molecule has 2 unspecified atom stereocenters. The van der Waals surface area contributed by atoms with E-state index >= 15 is 0 Å². The van der Waals surface area contributed by atoms with Crippen molar-refractivity contribution in [3.05, 3.63) is 28.0 Å². The van der Waals surface area contributed by atoms with Gasteiger partial charge in [-0.1, -0.05) is 25.4 Å². The maximum absolute atomic E-state index is 11.5. The summed E-state index contributed by atoms with van der Waals surface area (Å²) in [5, 5.41) is 19.6. The minimum absolute atomic E-state index is 0.0649. The summed E-state index contributed by atoms with van der Waals surface area (Å²) in [4.78, 5) is 4.04. The van der Waals surface area contributed by atoms with Crippen LogP contribution in [0.15, 0.2) is 12.5 Å². The molecule has 0 aromatic carbocycles. The summed E-state index contributed by atoms with van der Waals surface area (Å²) < 4.78 is 3.90. The minimum atomic E-state index is -0.904. The van der Waals surface area contributed by atoms with E-state index in [-0.39, 0.29) is 11.3 Å².